The molecule has 5 aliphatic rings. The third kappa shape index (κ3) is 3.15. The van der Waals surface area contributed by atoms with Crippen molar-refractivity contribution < 1.29 is 4.79 Å². The van der Waals surface area contributed by atoms with E-state index in [2.05, 4.69) is 41.0 Å². The number of anilines is 1. The minimum absolute atomic E-state index is 0.263. The molecule has 5 fully saturated rings. The monoisotopic (exact) mass is 397 g/mol. The average molecular weight is 398 g/mol. The van der Waals surface area contributed by atoms with Crippen molar-refractivity contribution in [3.8, 4) is 0 Å². The number of nitrogens with zero attached hydrogens (tertiary/aromatic N) is 4. The standard InChI is InChI=1S/C23H35N5O/c1-4-18-5-6-27(18)28(21-16-8-14-7-15(10-16)11-17(21)9-14)23-19(13(2)3)12-20(22(24)29)25-26-23/h12-18,21H,4-11H2,1-3H3,(H2,24,29). The highest BCUT2D eigenvalue weighted by atomic mass is 16.1. The molecule has 0 aromatic carbocycles. The van der Waals surface area contributed by atoms with Gasteiger partial charge in [-0.2, -0.15) is 0 Å². The van der Waals surface area contributed by atoms with E-state index in [1.165, 1.54) is 38.5 Å². The molecule has 1 atom stereocenters. The summed E-state index contributed by atoms with van der Waals surface area (Å²) in [6.07, 6.45) is 9.39. The van der Waals surface area contributed by atoms with E-state index in [1.807, 2.05) is 6.07 Å². The Bertz CT molecular complexity index is 763. The van der Waals surface area contributed by atoms with Crippen molar-refractivity contribution in [3.05, 3.63) is 17.3 Å². The molecule has 1 saturated heterocycles. The molecule has 1 aromatic rings. The topological polar surface area (TPSA) is 75.3 Å². The van der Waals surface area contributed by atoms with Gasteiger partial charge in [-0.25, -0.2) is 5.01 Å². The van der Waals surface area contributed by atoms with Gasteiger partial charge in [-0.3, -0.25) is 9.80 Å². The van der Waals surface area contributed by atoms with Crippen LogP contribution >= 0.6 is 0 Å². The van der Waals surface area contributed by atoms with Crippen molar-refractivity contribution >= 4 is 11.7 Å². The molecule has 4 bridgehead atoms. The van der Waals surface area contributed by atoms with Gasteiger partial charge < -0.3 is 5.73 Å². The van der Waals surface area contributed by atoms with Crippen LogP contribution in [0.4, 0.5) is 5.82 Å². The van der Waals surface area contributed by atoms with Crippen molar-refractivity contribution in [2.45, 2.75) is 83.7 Å². The van der Waals surface area contributed by atoms with Crippen LogP contribution in [0.15, 0.2) is 6.07 Å². The van der Waals surface area contributed by atoms with E-state index in [-0.39, 0.29) is 11.6 Å². The SMILES string of the molecule is CCC1CCN1N(c1nnc(C(N)=O)cc1C(C)C)C1C2CC3CC(C2)CC1C3. The number of aromatic nitrogens is 2. The maximum Gasteiger partial charge on any atom is 0.269 e. The molecule has 1 unspecified atom stereocenters. The fourth-order valence-corrected chi connectivity index (χ4v) is 6.98. The molecule has 2 heterocycles. The van der Waals surface area contributed by atoms with E-state index in [1.54, 1.807) is 0 Å². The molecule has 29 heavy (non-hydrogen) atoms. The molecular formula is C23H35N5O. The minimum atomic E-state index is -0.498. The lowest BCUT2D eigenvalue weighted by Crippen LogP contribution is -2.67. The Morgan fingerprint density at radius 2 is 1.83 bits per heavy atom. The van der Waals surface area contributed by atoms with E-state index in [0.29, 0.717) is 12.1 Å². The average Bonchev–Trinajstić information content (AvgIpc) is 2.65. The third-order valence-electron chi connectivity index (χ3n) is 8.21. The number of nitrogens with two attached hydrogens (primary N) is 1. The predicted octanol–water partition coefficient (Wildman–Crippen LogP) is 3.73. The van der Waals surface area contributed by atoms with Crippen LogP contribution in [0.5, 0.6) is 0 Å². The molecular weight excluding hydrogens is 362 g/mol. The summed E-state index contributed by atoms with van der Waals surface area (Å²) in [6, 6.07) is 3.01. The quantitative estimate of drug-likeness (QED) is 0.792. The smallest absolute Gasteiger partial charge is 0.269 e. The minimum Gasteiger partial charge on any atom is -0.364 e. The van der Waals surface area contributed by atoms with Gasteiger partial charge in [0.15, 0.2) is 11.5 Å². The number of amides is 1. The lowest BCUT2D eigenvalue weighted by atomic mass is 9.54. The van der Waals surface area contributed by atoms with Crippen LogP contribution in [0.3, 0.4) is 0 Å². The van der Waals surface area contributed by atoms with E-state index in [0.717, 1.165) is 48.0 Å². The number of carbonyl (C=O) groups is 1. The van der Waals surface area contributed by atoms with Crippen LogP contribution in [0.25, 0.3) is 0 Å². The van der Waals surface area contributed by atoms with Crippen molar-refractivity contribution in [1.29, 1.82) is 0 Å². The van der Waals surface area contributed by atoms with Gasteiger partial charge in [0.05, 0.1) is 6.04 Å². The summed E-state index contributed by atoms with van der Waals surface area (Å²) in [5, 5.41) is 14.1. The van der Waals surface area contributed by atoms with Crippen LogP contribution in [0.2, 0.25) is 0 Å². The van der Waals surface area contributed by atoms with E-state index in [4.69, 9.17) is 5.73 Å². The number of carbonyl (C=O) groups excluding carboxylic acids is 1. The maximum atomic E-state index is 11.8. The molecule has 6 nitrogen and oxygen atoms in total. The zero-order valence-electron chi connectivity index (χ0n) is 18.1. The van der Waals surface area contributed by atoms with Crippen molar-refractivity contribution in [3.63, 3.8) is 0 Å². The van der Waals surface area contributed by atoms with Crippen molar-refractivity contribution in [2.75, 3.05) is 11.6 Å². The molecule has 4 aliphatic carbocycles. The van der Waals surface area contributed by atoms with Crippen molar-refractivity contribution in [2.24, 2.45) is 29.4 Å². The number of primary amides is 1. The first-order valence-electron chi connectivity index (χ1n) is 11.7. The zero-order valence-corrected chi connectivity index (χ0v) is 18.1. The van der Waals surface area contributed by atoms with Gasteiger partial charge in [0.2, 0.25) is 0 Å². The van der Waals surface area contributed by atoms with Gasteiger partial charge in [-0.05, 0) is 80.6 Å². The molecule has 0 radical (unpaired) electrons. The van der Waals surface area contributed by atoms with Crippen molar-refractivity contribution in [1.82, 2.24) is 15.2 Å². The van der Waals surface area contributed by atoms with Gasteiger partial charge in [-0.1, -0.05) is 20.8 Å². The molecule has 1 aliphatic heterocycles. The van der Waals surface area contributed by atoms with Crippen LogP contribution in [-0.2, 0) is 0 Å². The van der Waals surface area contributed by atoms with E-state index in [9.17, 15) is 4.79 Å². The highest BCUT2D eigenvalue weighted by Gasteiger charge is 2.53. The zero-order chi connectivity index (χ0) is 20.3. The van der Waals surface area contributed by atoms with Gasteiger partial charge in [0.25, 0.3) is 5.91 Å². The second-order valence-corrected chi connectivity index (χ2v) is 10.3. The first kappa shape index (κ1) is 19.3. The molecule has 4 saturated carbocycles. The summed E-state index contributed by atoms with van der Waals surface area (Å²) >= 11 is 0. The number of hydrogen-bond acceptors (Lipinski definition) is 5. The normalized spacial score (nSPS) is 35.7. The fourth-order valence-electron chi connectivity index (χ4n) is 6.98. The van der Waals surface area contributed by atoms with Crippen LogP contribution in [0.1, 0.15) is 87.7 Å². The molecule has 1 amide bonds. The lowest BCUT2D eigenvalue weighted by molar-refractivity contribution is -0.0444. The summed E-state index contributed by atoms with van der Waals surface area (Å²) in [6.45, 7) is 7.73. The molecule has 6 rings (SSSR count). The second-order valence-electron chi connectivity index (χ2n) is 10.3. The summed E-state index contributed by atoms with van der Waals surface area (Å²) < 4.78 is 0. The summed E-state index contributed by atoms with van der Waals surface area (Å²) in [4.78, 5) is 11.8. The first-order valence-corrected chi connectivity index (χ1v) is 11.7. The molecule has 0 spiro atoms. The summed E-state index contributed by atoms with van der Waals surface area (Å²) in [5.41, 5.74) is 6.90. The second kappa shape index (κ2) is 7.22. The van der Waals surface area contributed by atoms with Crippen LogP contribution < -0.4 is 10.7 Å². The summed E-state index contributed by atoms with van der Waals surface area (Å²) in [7, 11) is 0. The lowest BCUT2D eigenvalue weighted by Gasteiger charge is -2.61. The molecule has 6 heteroatoms. The van der Waals surface area contributed by atoms with Crippen LogP contribution in [-0.4, -0.2) is 39.7 Å². The fraction of sp³-hybridized carbons (Fsp3) is 0.783. The number of hydrazine groups is 1. The van der Waals surface area contributed by atoms with Crippen LogP contribution in [0, 0.1) is 23.7 Å². The maximum absolute atomic E-state index is 11.8. The summed E-state index contributed by atoms with van der Waals surface area (Å²) in [5.74, 6) is 4.16. The van der Waals surface area contributed by atoms with E-state index >= 15 is 0 Å². The first-order chi connectivity index (χ1) is 14.0. The Hall–Kier alpha value is -1.69. The Morgan fingerprint density at radius 3 is 2.31 bits per heavy atom. The Labute approximate surface area is 174 Å². The third-order valence-corrected chi connectivity index (χ3v) is 8.21. The predicted molar refractivity (Wildman–Crippen MR) is 113 cm³/mol. The van der Waals surface area contributed by atoms with E-state index < -0.39 is 5.91 Å². The number of hydrogen-bond donors (Lipinski definition) is 1. The van der Waals surface area contributed by atoms with Gasteiger partial charge in [-0.15, -0.1) is 10.2 Å². The van der Waals surface area contributed by atoms with Gasteiger partial charge in [0, 0.05) is 18.2 Å². The number of rotatable bonds is 6. The largest absolute Gasteiger partial charge is 0.364 e. The Balaban J connectivity index is 1.58. The van der Waals surface area contributed by atoms with Gasteiger partial charge in [0.1, 0.15) is 0 Å². The molecule has 158 valence electrons. The van der Waals surface area contributed by atoms with Gasteiger partial charge >= 0.3 is 0 Å². The molecule has 1 aromatic heterocycles. The Kier molecular flexibility index (Phi) is 4.80. The Morgan fingerprint density at radius 1 is 1.17 bits per heavy atom. The highest BCUT2D eigenvalue weighted by molar-refractivity contribution is 5.91. The highest BCUT2D eigenvalue weighted by Crippen LogP contribution is 2.56. The molecule has 2 N–H and O–H groups in total.